The molecule has 1 aromatic carbocycles. The van der Waals surface area contributed by atoms with Crippen molar-refractivity contribution in [2.24, 2.45) is 0 Å². The fraction of sp³-hybridized carbons (Fsp3) is 0.391. The van der Waals surface area contributed by atoms with Crippen molar-refractivity contribution in [2.75, 3.05) is 18.0 Å². The van der Waals surface area contributed by atoms with Crippen LogP contribution in [0.3, 0.4) is 0 Å². The number of likely N-dealkylation sites (tertiary alicyclic amines) is 1. The number of carbonyl (C=O) groups is 2. The molecular weight excluding hydrogens is 410 g/mol. The summed E-state index contributed by atoms with van der Waals surface area (Å²) >= 11 is 1.65. The molecule has 0 bridgehead atoms. The number of imide groups is 1. The highest BCUT2D eigenvalue weighted by atomic mass is 32.1. The van der Waals surface area contributed by atoms with Crippen LogP contribution in [0.2, 0.25) is 0 Å². The Kier molecular flexibility index (Phi) is 6.02. The molecule has 1 N–H and O–H groups in total. The number of hydrogen-bond acceptors (Lipinski definition) is 6. The topological polar surface area (TPSA) is 78.4 Å². The highest BCUT2D eigenvalue weighted by molar-refractivity contribution is 7.16. The number of fused-ring (bicyclic) bond motifs is 1. The first-order valence-electron chi connectivity index (χ1n) is 10.4. The van der Waals surface area contributed by atoms with Gasteiger partial charge < -0.3 is 5.32 Å². The van der Waals surface area contributed by atoms with E-state index in [-0.39, 0.29) is 11.6 Å². The highest BCUT2D eigenvalue weighted by Gasteiger charge is 2.34. The lowest BCUT2D eigenvalue weighted by Crippen LogP contribution is -2.56. The molecule has 4 rings (SSSR count). The summed E-state index contributed by atoms with van der Waals surface area (Å²) in [7, 11) is 0. The number of urea groups is 1. The first kappa shape index (κ1) is 21.4. The van der Waals surface area contributed by atoms with Gasteiger partial charge >= 0.3 is 6.03 Å². The van der Waals surface area contributed by atoms with Gasteiger partial charge in [0.15, 0.2) is 0 Å². The van der Waals surface area contributed by atoms with Crippen molar-refractivity contribution in [1.29, 1.82) is 0 Å². The Morgan fingerprint density at radius 1 is 1.26 bits per heavy atom. The van der Waals surface area contributed by atoms with E-state index in [4.69, 9.17) is 0 Å². The Balaban J connectivity index is 1.38. The number of piperidine rings is 1. The lowest BCUT2D eigenvalue weighted by molar-refractivity contribution is -0.106. The highest BCUT2D eigenvalue weighted by Crippen LogP contribution is 2.31. The number of nitrogens with zero attached hydrogens (tertiary/aromatic N) is 4. The molecule has 1 saturated heterocycles. The number of carbonyl (C=O) groups excluding carboxylic acids is 2. The number of aromatic nitrogens is 2. The monoisotopic (exact) mass is 437 g/mol. The van der Waals surface area contributed by atoms with E-state index in [9.17, 15) is 9.59 Å². The fourth-order valence-corrected chi connectivity index (χ4v) is 4.68. The Morgan fingerprint density at radius 3 is 2.71 bits per heavy atom. The minimum absolute atomic E-state index is 0.274. The molecule has 0 spiro atoms. The summed E-state index contributed by atoms with van der Waals surface area (Å²) in [6.45, 7) is 7.85. The average molecular weight is 438 g/mol. The largest absolute Gasteiger partial charge is 0.332 e. The molecule has 1 atom stereocenters. The van der Waals surface area contributed by atoms with Gasteiger partial charge in [0.25, 0.3) is 0 Å². The second-order valence-corrected chi connectivity index (χ2v) is 9.30. The number of thiazole rings is 1. The molecule has 3 amide bonds. The lowest BCUT2D eigenvalue weighted by Gasteiger charge is -2.42. The Bertz CT molecular complexity index is 1070. The smallest absolute Gasteiger partial charge is 0.329 e. The molecule has 0 aliphatic carbocycles. The quantitative estimate of drug-likeness (QED) is 0.603. The van der Waals surface area contributed by atoms with Crippen LogP contribution >= 0.6 is 11.3 Å². The van der Waals surface area contributed by atoms with Crippen LogP contribution in [0.15, 0.2) is 42.0 Å². The predicted octanol–water partition coefficient (Wildman–Crippen LogP) is 4.29. The molecule has 2 aromatic heterocycles. The third-order valence-electron chi connectivity index (χ3n) is 6.19. The van der Waals surface area contributed by atoms with Crippen LogP contribution in [0.25, 0.3) is 10.2 Å². The minimum atomic E-state index is -0.418. The predicted molar refractivity (Wildman–Crippen MR) is 123 cm³/mol. The second-order valence-electron chi connectivity index (χ2n) is 8.42. The van der Waals surface area contributed by atoms with Crippen molar-refractivity contribution < 1.29 is 9.59 Å². The number of hydrogen-bond donors (Lipinski definition) is 1. The summed E-state index contributed by atoms with van der Waals surface area (Å²) in [4.78, 5) is 36.5. The molecule has 7 nitrogen and oxygen atoms in total. The summed E-state index contributed by atoms with van der Waals surface area (Å²) in [5.41, 5.74) is 5.10. The van der Waals surface area contributed by atoms with E-state index in [1.807, 2.05) is 19.4 Å². The third kappa shape index (κ3) is 4.60. The van der Waals surface area contributed by atoms with E-state index in [1.165, 1.54) is 16.5 Å². The van der Waals surface area contributed by atoms with Crippen molar-refractivity contribution in [2.45, 2.75) is 45.2 Å². The molecule has 3 aromatic rings. The molecule has 8 heteroatoms. The van der Waals surface area contributed by atoms with Crippen molar-refractivity contribution in [3.63, 3.8) is 0 Å². The van der Waals surface area contributed by atoms with Crippen LogP contribution in [0, 0.1) is 6.92 Å². The molecule has 1 aliphatic rings. The summed E-state index contributed by atoms with van der Waals surface area (Å²) < 4.78 is 1.20. The van der Waals surface area contributed by atoms with Crippen LogP contribution in [-0.4, -0.2) is 45.9 Å². The van der Waals surface area contributed by atoms with Gasteiger partial charge in [-0.15, -0.1) is 11.3 Å². The summed E-state index contributed by atoms with van der Waals surface area (Å²) in [5, 5.41) is 3.07. The maximum Gasteiger partial charge on any atom is 0.329 e. The normalized spacial score (nSPS) is 17.3. The van der Waals surface area contributed by atoms with E-state index >= 15 is 0 Å². The molecule has 1 aliphatic heterocycles. The SMILES string of the molecule is Cc1ccc(N(C=O)C(=O)NC2(C)CCN([C@H](C)c3ccc4scnc4c3)CC2)cn1. The standard InChI is InChI=1S/C23H27N5O2S/c1-16-4-6-19(13-24-16)28(15-29)22(30)26-23(3)8-10-27(11-9-23)17(2)18-5-7-21-20(12-18)25-14-31-21/h4-7,12-15,17H,8-11H2,1-3H3,(H,26,30)/t17-/m1/s1. The summed E-state index contributed by atoms with van der Waals surface area (Å²) in [6.07, 6.45) is 3.69. The Hall–Kier alpha value is -2.84. The van der Waals surface area contributed by atoms with Crippen molar-refractivity contribution in [1.82, 2.24) is 20.2 Å². The minimum Gasteiger partial charge on any atom is -0.332 e. The average Bonchev–Trinajstić information content (AvgIpc) is 3.23. The van der Waals surface area contributed by atoms with Crippen molar-refractivity contribution in [3.8, 4) is 0 Å². The van der Waals surface area contributed by atoms with Gasteiger partial charge in [-0.3, -0.25) is 14.7 Å². The first-order valence-corrected chi connectivity index (χ1v) is 11.3. The molecule has 31 heavy (non-hydrogen) atoms. The van der Waals surface area contributed by atoms with E-state index in [1.54, 1.807) is 23.5 Å². The summed E-state index contributed by atoms with van der Waals surface area (Å²) in [5.74, 6) is 0. The maximum atomic E-state index is 12.8. The van der Waals surface area contributed by atoms with Crippen molar-refractivity contribution >= 4 is 39.7 Å². The third-order valence-corrected chi connectivity index (χ3v) is 7.00. The number of pyridine rings is 1. The van der Waals surface area contributed by atoms with Gasteiger partial charge in [0.2, 0.25) is 6.41 Å². The van der Waals surface area contributed by atoms with Gasteiger partial charge in [0.05, 0.1) is 27.6 Å². The number of anilines is 1. The van der Waals surface area contributed by atoms with Gasteiger partial charge in [0.1, 0.15) is 0 Å². The van der Waals surface area contributed by atoms with Crippen molar-refractivity contribution in [3.05, 3.63) is 53.3 Å². The van der Waals surface area contributed by atoms with Crippen LogP contribution in [0.5, 0.6) is 0 Å². The van der Waals surface area contributed by atoms with E-state index in [0.29, 0.717) is 12.1 Å². The number of aryl methyl sites for hydroxylation is 1. The number of nitrogens with one attached hydrogen (secondary N) is 1. The molecule has 1 fully saturated rings. The van der Waals surface area contributed by atoms with Gasteiger partial charge in [-0.05, 0) is 63.4 Å². The number of amides is 3. The van der Waals surface area contributed by atoms with Gasteiger partial charge in [-0.25, -0.2) is 14.7 Å². The zero-order valence-corrected chi connectivity index (χ0v) is 18.9. The van der Waals surface area contributed by atoms with Crippen LogP contribution in [0.4, 0.5) is 10.5 Å². The first-order chi connectivity index (χ1) is 14.9. The van der Waals surface area contributed by atoms with Gasteiger partial charge in [-0.2, -0.15) is 0 Å². The Morgan fingerprint density at radius 2 is 2.03 bits per heavy atom. The number of benzene rings is 1. The van der Waals surface area contributed by atoms with Crippen LogP contribution in [0.1, 0.15) is 44.0 Å². The zero-order valence-electron chi connectivity index (χ0n) is 18.0. The number of rotatable bonds is 5. The molecule has 0 saturated carbocycles. The fourth-order valence-electron chi connectivity index (χ4n) is 4.02. The van der Waals surface area contributed by atoms with Crippen LogP contribution in [-0.2, 0) is 4.79 Å². The molecular formula is C23H27N5O2S. The molecule has 0 unspecified atom stereocenters. The van der Waals surface area contributed by atoms with Gasteiger partial charge in [0, 0.05) is 30.4 Å². The Labute approximate surface area is 186 Å². The van der Waals surface area contributed by atoms with E-state index in [0.717, 1.165) is 42.0 Å². The van der Waals surface area contributed by atoms with Crippen LogP contribution < -0.4 is 10.2 Å². The molecule has 0 radical (unpaired) electrons. The molecule has 3 heterocycles. The van der Waals surface area contributed by atoms with Gasteiger partial charge in [-0.1, -0.05) is 6.07 Å². The zero-order chi connectivity index (χ0) is 22.0. The summed E-state index contributed by atoms with van der Waals surface area (Å²) in [6, 6.07) is 9.85. The van der Waals surface area contributed by atoms with E-state index in [2.05, 4.69) is 45.3 Å². The second kappa shape index (κ2) is 8.72. The molecule has 162 valence electrons. The lowest BCUT2D eigenvalue weighted by atomic mass is 9.88. The van der Waals surface area contributed by atoms with E-state index < -0.39 is 6.03 Å². The maximum absolute atomic E-state index is 12.8.